The number of carbonyl (C=O) groups is 2. The van der Waals surface area contributed by atoms with Gasteiger partial charge < -0.3 is 10.2 Å². The number of hydrogen-bond acceptors (Lipinski definition) is 3. The normalized spacial score (nSPS) is 10.8. The number of aliphatic hydroxyl groups is 1. The summed E-state index contributed by atoms with van der Waals surface area (Å²) in [7, 11) is 0. The van der Waals surface area contributed by atoms with Gasteiger partial charge in [0.05, 0.1) is 18.5 Å². The van der Waals surface area contributed by atoms with Crippen LogP contribution in [0.5, 0.6) is 0 Å². The second-order valence-corrected chi connectivity index (χ2v) is 4.44. The molecule has 1 aromatic carbocycles. The lowest BCUT2D eigenvalue weighted by Gasteiger charge is -2.05. The van der Waals surface area contributed by atoms with Crippen molar-refractivity contribution in [1.29, 1.82) is 0 Å². The Hall–Kier alpha value is -2.14. The van der Waals surface area contributed by atoms with E-state index in [1.807, 2.05) is 25.1 Å². The Morgan fingerprint density at radius 2 is 2.00 bits per heavy atom. The van der Waals surface area contributed by atoms with Gasteiger partial charge in [0.2, 0.25) is 5.91 Å². The lowest BCUT2D eigenvalue weighted by molar-refractivity contribution is -0.136. The molecule has 1 aromatic heterocycles. The number of rotatable bonds is 4. The molecule has 0 aliphatic heterocycles. The van der Waals surface area contributed by atoms with Crippen LogP contribution < -0.4 is 0 Å². The fraction of sp³-hybridized carbons (Fsp3) is 0.286. The third-order valence-corrected chi connectivity index (χ3v) is 3.10. The molecule has 2 N–H and O–H groups in total. The molecular weight excluding hydrogens is 246 g/mol. The number of aliphatic hydroxyl groups excluding tert-OH is 1. The van der Waals surface area contributed by atoms with Crippen molar-refractivity contribution >= 4 is 22.8 Å². The molecule has 100 valence electrons. The van der Waals surface area contributed by atoms with Crippen LogP contribution in [0.2, 0.25) is 0 Å². The first-order valence-corrected chi connectivity index (χ1v) is 6.00. The largest absolute Gasteiger partial charge is 0.481 e. The van der Waals surface area contributed by atoms with E-state index < -0.39 is 5.97 Å². The smallest absolute Gasteiger partial charge is 0.303 e. The summed E-state index contributed by atoms with van der Waals surface area (Å²) in [4.78, 5) is 22.6. The highest BCUT2D eigenvalue weighted by Crippen LogP contribution is 2.25. The zero-order valence-corrected chi connectivity index (χ0v) is 10.6. The van der Waals surface area contributed by atoms with Gasteiger partial charge in [-0.25, -0.2) is 0 Å². The molecule has 0 aliphatic rings. The molecule has 0 saturated carbocycles. The van der Waals surface area contributed by atoms with Crippen molar-refractivity contribution in [2.24, 2.45) is 0 Å². The SMILES string of the molecule is Cc1cccc2c(CO)cn(C(=O)CCC(=O)O)c12. The van der Waals surface area contributed by atoms with E-state index >= 15 is 0 Å². The zero-order chi connectivity index (χ0) is 14.0. The van der Waals surface area contributed by atoms with Crippen LogP contribution >= 0.6 is 0 Å². The summed E-state index contributed by atoms with van der Waals surface area (Å²) in [6.07, 6.45) is 1.33. The lowest BCUT2D eigenvalue weighted by atomic mass is 10.1. The molecule has 5 nitrogen and oxygen atoms in total. The van der Waals surface area contributed by atoms with Crippen molar-refractivity contribution in [1.82, 2.24) is 4.57 Å². The van der Waals surface area contributed by atoms with E-state index in [1.165, 1.54) is 4.57 Å². The Kier molecular flexibility index (Phi) is 3.66. The third kappa shape index (κ3) is 2.51. The van der Waals surface area contributed by atoms with E-state index in [4.69, 9.17) is 5.11 Å². The average molecular weight is 261 g/mol. The number of aryl methyl sites for hydroxylation is 1. The van der Waals surface area contributed by atoms with Crippen molar-refractivity contribution in [2.45, 2.75) is 26.4 Å². The van der Waals surface area contributed by atoms with Crippen LogP contribution in [0.3, 0.4) is 0 Å². The maximum atomic E-state index is 12.1. The number of benzene rings is 1. The molecule has 0 atom stereocenters. The minimum Gasteiger partial charge on any atom is -0.481 e. The van der Waals surface area contributed by atoms with Crippen LogP contribution in [0.4, 0.5) is 0 Å². The van der Waals surface area contributed by atoms with E-state index in [0.717, 1.165) is 16.5 Å². The van der Waals surface area contributed by atoms with Crippen LogP contribution in [-0.4, -0.2) is 26.7 Å². The van der Waals surface area contributed by atoms with Crippen molar-refractivity contribution in [3.05, 3.63) is 35.5 Å². The van der Waals surface area contributed by atoms with Gasteiger partial charge in [-0.15, -0.1) is 0 Å². The number of aromatic nitrogens is 1. The average Bonchev–Trinajstić information content (AvgIpc) is 2.76. The van der Waals surface area contributed by atoms with E-state index in [9.17, 15) is 14.7 Å². The van der Waals surface area contributed by atoms with Gasteiger partial charge in [0.1, 0.15) is 0 Å². The molecule has 0 amide bonds. The monoisotopic (exact) mass is 261 g/mol. The molecule has 2 aromatic rings. The number of fused-ring (bicyclic) bond motifs is 1. The van der Waals surface area contributed by atoms with E-state index in [-0.39, 0.29) is 25.4 Å². The fourth-order valence-electron chi connectivity index (χ4n) is 2.18. The van der Waals surface area contributed by atoms with E-state index in [2.05, 4.69) is 0 Å². The molecule has 5 heteroatoms. The standard InChI is InChI=1S/C14H15NO4/c1-9-3-2-4-11-10(8-16)7-15(14(9)11)12(17)5-6-13(18)19/h2-4,7,16H,5-6,8H2,1H3,(H,18,19). The molecule has 19 heavy (non-hydrogen) atoms. The van der Waals surface area contributed by atoms with Crippen LogP contribution in [0.25, 0.3) is 10.9 Å². The van der Waals surface area contributed by atoms with Crippen LogP contribution in [0.1, 0.15) is 28.8 Å². The van der Waals surface area contributed by atoms with Crippen molar-refractivity contribution < 1.29 is 19.8 Å². The molecule has 0 saturated heterocycles. The first kappa shape index (κ1) is 13.3. The number of carbonyl (C=O) groups excluding carboxylic acids is 1. The molecule has 0 radical (unpaired) electrons. The maximum Gasteiger partial charge on any atom is 0.303 e. The highest BCUT2D eigenvalue weighted by atomic mass is 16.4. The first-order valence-electron chi connectivity index (χ1n) is 6.00. The maximum absolute atomic E-state index is 12.1. The Morgan fingerprint density at radius 3 is 2.63 bits per heavy atom. The fourth-order valence-corrected chi connectivity index (χ4v) is 2.18. The van der Waals surface area contributed by atoms with Gasteiger partial charge in [-0.3, -0.25) is 14.2 Å². The quantitative estimate of drug-likeness (QED) is 0.881. The summed E-state index contributed by atoms with van der Waals surface area (Å²) >= 11 is 0. The highest BCUT2D eigenvalue weighted by Gasteiger charge is 2.15. The predicted molar refractivity (Wildman–Crippen MR) is 70.1 cm³/mol. The van der Waals surface area contributed by atoms with Gasteiger partial charge in [0.25, 0.3) is 0 Å². The summed E-state index contributed by atoms with van der Waals surface area (Å²) in [5.41, 5.74) is 2.32. The number of aliphatic carboxylic acids is 1. The molecular formula is C14H15NO4. The van der Waals surface area contributed by atoms with Crippen molar-refractivity contribution in [3.63, 3.8) is 0 Å². The number of nitrogens with zero attached hydrogens (tertiary/aromatic N) is 1. The summed E-state index contributed by atoms with van der Waals surface area (Å²) < 4.78 is 1.44. The molecule has 0 bridgehead atoms. The molecule has 1 heterocycles. The first-order chi connectivity index (χ1) is 9.04. The molecule has 2 rings (SSSR count). The van der Waals surface area contributed by atoms with Crippen LogP contribution in [0, 0.1) is 6.92 Å². The van der Waals surface area contributed by atoms with Crippen LogP contribution in [0.15, 0.2) is 24.4 Å². The topological polar surface area (TPSA) is 79.5 Å². The summed E-state index contributed by atoms with van der Waals surface area (Å²) in [5.74, 6) is -1.27. The number of para-hydroxylation sites is 1. The molecule has 0 fully saturated rings. The van der Waals surface area contributed by atoms with Crippen LogP contribution in [-0.2, 0) is 11.4 Å². The molecule has 0 unspecified atom stereocenters. The highest BCUT2D eigenvalue weighted by molar-refractivity contribution is 5.96. The van der Waals surface area contributed by atoms with Gasteiger partial charge in [-0.2, -0.15) is 0 Å². The van der Waals surface area contributed by atoms with Gasteiger partial charge in [-0.1, -0.05) is 18.2 Å². The number of carboxylic acids is 1. The third-order valence-electron chi connectivity index (χ3n) is 3.10. The van der Waals surface area contributed by atoms with E-state index in [1.54, 1.807) is 6.20 Å². The Balaban J connectivity index is 2.48. The number of hydrogen-bond donors (Lipinski definition) is 2. The van der Waals surface area contributed by atoms with Crippen molar-refractivity contribution in [2.75, 3.05) is 0 Å². The summed E-state index contributed by atoms with van der Waals surface area (Å²) in [6, 6.07) is 5.59. The molecule has 0 aliphatic carbocycles. The summed E-state index contributed by atoms with van der Waals surface area (Å²) in [6.45, 7) is 1.73. The van der Waals surface area contributed by atoms with E-state index in [0.29, 0.717) is 5.56 Å². The minimum atomic E-state index is -0.996. The molecule has 0 spiro atoms. The van der Waals surface area contributed by atoms with Gasteiger partial charge >= 0.3 is 5.97 Å². The summed E-state index contributed by atoms with van der Waals surface area (Å²) in [5, 5.41) is 18.8. The Labute approximate surface area is 110 Å². The Morgan fingerprint density at radius 1 is 1.26 bits per heavy atom. The predicted octanol–water partition coefficient (Wildman–Crippen LogP) is 1.95. The minimum absolute atomic E-state index is 0.0572. The van der Waals surface area contributed by atoms with Gasteiger partial charge in [-0.05, 0) is 12.5 Å². The van der Waals surface area contributed by atoms with Gasteiger partial charge in [0.15, 0.2) is 0 Å². The van der Waals surface area contributed by atoms with Crippen molar-refractivity contribution in [3.8, 4) is 0 Å². The van der Waals surface area contributed by atoms with Gasteiger partial charge in [0, 0.05) is 23.6 Å². The second-order valence-electron chi connectivity index (χ2n) is 4.44. The zero-order valence-electron chi connectivity index (χ0n) is 10.6. The lowest BCUT2D eigenvalue weighted by Crippen LogP contribution is -2.11. The number of carboxylic acid groups (broad SMARTS) is 1. The Bertz CT molecular complexity index is 642. The second kappa shape index (κ2) is 5.24.